The van der Waals surface area contributed by atoms with Gasteiger partial charge in [0.15, 0.2) is 16.3 Å². The van der Waals surface area contributed by atoms with E-state index in [1.165, 1.54) is 16.9 Å². The molecule has 36 heavy (non-hydrogen) atoms. The van der Waals surface area contributed by atoms with Gasteiger partial charge in [0.2, 0.25) is 0 Å². The van der Waals surface area contributed by atoms with Gasteiger partial charge in [0.25, 0.3) is 5.56 Å². The third-order valence-electron chi connectivity index (χ3n) is 6.14. The molecule has 0 fully saturated rings. The zero-order valence-corrected chi connectivity index (χ0v) is 22.1. The second-order valence-electron chi connectivity index (χ2n) is 8.74. The lowest BCUT2D eigenvalue weighted by molar-refractivity contribution is -0.139. The van der Waals surface area contributed by atoms with E-state index in [4.69, 9.17) is 14.2 Å². The Morgan fingerprint density at radius 3 is 2.42 bits per heavy atom. The average molecular weight is 507 g/mol. The number of allylic oxidation sites excluding steroid dienone is 1. The van der Waals surface area contributed by atoms with Crippen molar-refractivity contribution in [2.24, 2.45) is 4.99 Å². The molecule has 0 amide bonds. The Balaban J connectivity index is 1.92. The molecule has 0 radical (unpaired) electrons. The fourth-order valence-corrected chi connectivity index (χ4v) is 5.30. The van der Waals surface area contributed by atoms with Gasteiger partial charge in [-0.25, -0.2) is 9.79 Å². The molecule has 8 heteroatoms. The number of nitrogens with zero attached hydrogens (tertiary/aromatic N) is 2. The van der Waals surface area contributed by atoms with Gasteiger partial charge in [0.05, 0.1) is 42.7 Å². The third-order valence-corrected chi connectivity index (χ3v) is 7.12. The summed E-state index contributed by atoms with van der Waals surface area (Å²) in [6, 6.07) is 12.8. The maximum Gasteiger partial charge on any atom is 0.338 e. The quantitative estimate of drug-likeness (QED) is 0.454. The van der Waals surface area contributed by atoms with Crippen LogP contribution < -0.4 is 24.4 Å². The van der Waals surface area contributed by atoms with Crippen LogP contribution in [0.2, 0.25) is 0 Å². The van der Waals surface area contributed by atoms with E-state index in [9.17, 15) is 9.59 Å². The van der Waals surface area contributed by atoms with Crippen LogP contribution in [0.15, 0.2) is 63.5 Å². The Morgan fingerprint density at radius 1 is 1.11 bits per heavy atom. The first kappa shape index (κ1) is 25.4. The number of ether oxygens (including phenoxy) is 3. The maximum absolute atomic E-state index is 13.7. The molecule has 0 saturated heterocycles. The average Bonchev–Trinajstić information content (AvgIpc) is 3.17. The Bertz CT molecular complexity index is 1500. The van der Waals surface area contributed by atoms with Crippen molar-refractivity contribution in [1.82, 2.24) is 4.57 Å². The SMILES string of the molecule is CCOC(=O)C1=C(C)N=c2s/c(=C\c3ccc(C(C)C)cc3)c(=O)n2[C@H]1c1ccc(OC)c(OC)c1. The number of carbonyl (C=O) groups excluding carboxylic acids is 1. The summed E-state index contributed by atoms with van der Waals surface area (Å²) >= 11 is 1.30. The first-order valence-corrected chi connectivity index (χ1v) is 12.6. The van der Waals surface area contributed by atoms with Gasteiger partial charge in [-0.15, -0.1) is 0 Å². The van der Waals surface area contributed by atoms with E-state index in [1.807, 2.05) is 24.3 Å². The first-order chi connectivity index (χ1) is 17.3. The summed E-state index contributed by atoms with van der Waals surface area (Å²) in [5, 5.41) is 0. The molecular weight excluding hydrogens is 476 g/mol. The molecule has 0 bridgehead atoms. The number of rotatable bonds is 7. The lowest BCUT2D eigenvalue weighted by atomic mass is 9.95. The largest absolute Gasteiger partial charge is 0.493 e. The Labute approximate surface area is 214 Å². The maximum atomic E-state index is 13.7. The van der Waals surface area contributed by atoms with Crippen molar-refractivity contribution in [3.8, 4) is 11.5 Å². The fourth-order valence-electron chi connectivity index (χ4n) is 4.26. The molecule has 1 aliphatic heterocycles. The molecule has 4 rings (SSSR count). The van der Waals surface area contributed by atoms with Gasteiger partial charge in [-0.05, 0) is 54.7 Å². The van der Waals surface area contributed by atoms with Gasteiger partial charge in [-0.2, -0.15) is 0 Å². The molecule has 2 aromatic carbocycles. The highest BCUT2D eigenvalue weighted by Gasteiger charge is 2.33. The number of aromatic nitrogens is 1. The predicted octanol–water partition coefficient (Wildman–Crippen LogP) is 3.94. The topological polar surface area (TPSA) is 79.1 Å². The van der Waals surface area contributed by atoms with Gasteiger partial charge in [0.1, 0.15) is 0 Å². The van der Waals surface area contributed by atoms with Crippen molar-refractivity contribution in [2.75, 3.05) is 20.8 Å². The van der Waals surface area contributed by atoms with Crippen molar-refractivity contribution < 1.29 is 19.0 Å². The number of hydrogen-bond acceptors (Lipinski definition) is 7. The molecule has 0 spiro atoms. The highest BCUT2D eigenvalue weighted by molar-refractivity contribution is 7.07. The molecule has 0 unspecified atom stereocenters. The monoisotopic (exact) mass is 506 g/mol. The normalized spacial score (nSPS) is 15.5. The van der Waals surface area contributed by atoms with Crippen molar-refractivity contribution in [3.05, 3.63) is 90.1 Å². The third kappa shape index (κ3) is 4.73. The predicted molar refractivity (Wildman–Crippen MR) is 140 cm³/mol. The number of carbonyl (C=O) groups is 1. The van der Waals surface area contributed by atoms with E-state index in [1.54, 1.807) is 44.8 Å². The molecule has 188 valence electrons. The van der Waals surface area contributed by atoms with Gasteiger partial charge in [-0.1, -0.05) is 55.5 Å². The molecule has 3 aromatic rings. The summed E-state index contributed by atoms with van der Waals surface area (Å²) in [7, 11) is 3.10. The molecule has 1 atom stereocenters. The second kappa shape index (κ2) is 10.5. The molecular formula is C28H30N2O5S. The molecule has 0 N–H and O–H groups in total. The smallest absolute Gasteiger partial charge is 0.338 e. The van der Waals surface area contributed by atoms with Gasteiger partial charge < -0.3 is 14.2 Å². The standard InChI is InChI=1S/C28H30N2O5S/c1-7-35-27(32)24-17(4)29-28-30(25(24)20-12-13-21(33-5)22(15-20)34-6)26(31)23(36-28)14-18-8-10-19(11-9-18)16(2)3/h8-16,25H,7H2,1-6H3/b23-14-/t25-/m0/s1. The highest BCUT2D eigenvalue weighted by atomic mass is 32.1. The van der Waals surface area contributed by atoms with Crippen LogP contribution in [-0.2, 0) is 9.53 Å². The molecule has 1 aliphatic rings. The van der Waals surface area contributed by atoms with Gasteiger partial charge in [0, 0.05) is 0 Å². The number of fused-ring (bicyclic) bond motifs is 1. The van der Waals surface area contributed by atoms with Crippen molar-refractivity contribution in [2.45, 2.75) is 39.7 Å². The van der Waals surface area contributed by atoms with Crippen LogP contribution in [0.25, 0.3) is 6.08 Å². The minimum atomic E-state index is -0.717. The van der Waals surface area contributed by atoms with E-state index in [2.05, 4.69) is 31.0 Å². The molecule has 2 heterocycles. The summed E-state index contributed by atoms with van der Waals surface area (Å²) in [6.45, 7) is 8.02. The summed E-state index contributed by atoms with van der Waals surface area (Å²) in [4.78, 5) is 31.9. The molecule has 7 nitrogen and oxygen atoms in total. The summed E-state index contributed by atoms with van der Waals surface area (Å²) in [5.74, 6) is 0.976. The molecule has 0 aliphatic carbocycles. The van der Waals surface area contributed by atoms with Crippen LogP contribution in [0.1, 0.15) is 56.3 Å². The van der Waals surface area contributed by atoms with E-state index in [0.29, 0.717) is 43.6 Å². The number of benzene rings is 2. The lowest BCUT2D eigenvalue weighted by Crippen LogP contribution is -2.39. The van der Waals surface area contributed by atoms with Gasteiger partial charge in [-0.3, -0.25) is 9.36 Å². The Morgan fingerprint density at radius 2 is 1.81 bits per heavy atom. The first-order valence-electron chi connectivity index (χ1n) is 11.8. The summed E-state index contributed by atoms with van der Waals surface area (Å²) < 4.78 is 18.3. The second-order valence-corrected chi connectivity index (χ2v) is 9.75. The minimum Gasteiger partial charge on any atom is -0.493 e. The van der Waals surface area contributed by atoms with Crippen molar-refractivity contribution >= 4 is 23.4 Å². The number of hydrogen-bond donors (Lipinski definition) is 0. The number of methoxy groups -OCH3 is 2. The van der Waals surface area contributed by atoms with Crippen molar-refractivity contribution in [3.63, 3.8) is 0 Å². The highest BCUT2D eigenvalue weighted by Crippen LogP contribution is 2.36. The number of esters is 1. The summed E-state index contributed by atoms with van der Waals surface area (Å²) in [5.41, 5.74) is 3.47. The Hall–Kier alpha value is -3.65. The number of thiazole rings is 1. The fraction of sp³-hybridized carbons (Fsp3) is 0.321. The van der Waals surface area contributed by atoms with E-state index in [0.717, 1.165) is 5.56 Å². The van der Waals surface area contributed by atoms with E-state index >= 15 is 0 Å². The van der Waals surface area contributed by atoms with Crippen LogP contribution in [0, 0.1) is 0 Å². The van der Waals surface area contributed by atoms with Crippen molar-refractivity contribution in [1.29, 1.82) is 0 Å². The van der Waals surface area contributed by atoms with Crippen LogP contribution in [0.3, 0.4) is 0 Å². The van der Waals surface area contributed by atoms with Gasteiger partial charge >= 0.3 is 5.97 Å². The van der Waals surface area contributed by atoms with Crippen LogP contribution in [0.4, 0.5) is 0 Å². The lowest BCUT2D eigenvalue weighted by Gasteiger charge is -2.25. The minimum absolute atomic E-state index is 0.213. The zero-order valence-electron chi connectivity index (χ0n) is 21.3. The van der Waals surface area contributed by atoms with E-state index < -0.39 is 12.0 Å². The van der Waals surface area contributed by atoms with Crippen LogP contribution >= 0.6 is 11.3 Å². The summed E-state index contributed by atoms with van der Waals surface area (Å²) in [6.07, 6.45) is 1.86. The van der Waals surface area contributed by atoms with E-state index in [-0.39, 0.29) is 12.2 Å². The van der Waals surface area contributed by atoms with Crippen LogP contribution in [0.5, 0.6) is 11.5 Å². The molecule has 1 aromatic heterocycles. The Kier molecular flexibility index (Phi) is 7.45. The van der Waals surface area contributed by atoms with Crippen LogP contribution in [-0.4, -0.2) is 31.4 Å². The zero-order chi connectivity index (χ0) is 26.0. The molecule has 0 saturated carbocycles.